The number of carbonyl (C=O) groups excluding carboxylic acids is 1. The maximum absolute atomic E-state index is 12.9. The molecule has 3 aliphatic heterocycles. The zero-order chi connectivity index (χ0) is 13.3. The van der Waals surface area contributed by atoms with Gasteiger partial charge in [0.15, 0.2) is 0 Å². The van der Waals surface area contributed by atoms with Gasteiger partial charge in [-0.25, -0.2) is 0 Å². The summed E-state index contributed by atoms with van der Waals surface area (Å²) in [5.74, 6) is 0.373. The molecule has 1 N–H and O–H groups in total. The molecule has 2 unspecified atom stereocenters. The molecule has 0 aromatic heterocycles. The summed E-state index contributed by atoms with van der Waals surface area (Å²) >= 11 is 0. The maximum atomic E-state index is 12.9. The van der Waals surface area contributed by atoms with Gasteiger partial charge in [-0.05, 0) is 45.2 Å². The third-order valence-electron chi connectivity index (χ3n) is 5.38. The van der Waals surface area contributed by atoms with Crippen LogP contribution < -0.4 is 5.32 Å². The second-order valence-corrected chi connectivity index (χ2v) is 6.40. The van der Waals surface area contributed by atoms with E-state index in [1.54, 1.807) is 0 Å². The predicted molar refractivity (Wildman–Crippen MR) is 90.5 cm³/mol. The summed E-state index contributed by atoms with van der Waals surface area (Å²) in [6.07, 6.45) is 7.04. The van der Waals surface area contributed by atoms with Gasteiger partial charge in [-0.2, -0.15) is 0 Å². The topological polar surface area (TPSA) is 35.6 Å². The Balaban J connectivity index is 0.00000110. The lowest BCUT2D eigenvalue weighted by molar-refractivity contribution is -0.141. The molecule has 3 fully saturated rings. The van der Waals surface area contributed by atoms with Gasteiger partial charge in [0.05, 0.1) is 5.54 Å². The summed E-state index contributed by atoms with van der Waals surface area (Å²) in [5.41, 5.74) is -0.239. The smallest absolute Gasteiger partial charge is 0.242 e. The van der Waals surface area contributed by atoms with Gasteiger partial charge in [-0.1, -0.05) is 13.3 Å². The number of piperazine rings is 1. The highest BCUT2D eigenvalue weighted by molar-refractivity contribution is 5.87. The Labute approximate surface area is 140 Å². The molecule has 3 saturated heterocycles. The second kappa shape index (κ2) is 8.00. The van der Waals surface area contributed by atoms with Crippen LogP contribution in [0.5, 0.6) is 0 Å². The van der Waals surface area contributed by atoms with Gasteiger partial charge in [0.2, 0.25) is 5.91 Å². The molecule has 0 radical (unpaired) electrons. The summed E-state index contributed by atoms with van der Waals surface area (Å²) < 4.78 is 0. The fourth-order valence-corrected chi connectivity index (χ4v) is 4.08. The minimum atomic E-state index is -0.239. The van der Waals surface area contributed by atoms with Crippen molar-refractivity contribution in [2.45, 2.75) is 57.0 Å². The fraction of sp³-hybridized carbons (Fsp3) is 0.933. The van der Waals surface area contributed by atoms with Crippen molar-refractivity contribution in [2.75, 3.05) is 32.7 Å². The third-order valence-corrected chi connectivity index (χ3v) is 5.38. The number of halogens is 2. The van der Waals surface area contributed by atoms with Crippen molar-refractivity contribution in [2.24, 2.45) is 0 Å². The van der Waals surface area contributed by atoms with Gasteiger partial charge in [0.1, 0.15) is 0 Å². The molecule has 2 atom stereocenters. The average molecular weight is 338 g/mol. The standard InChI is InChI=1S/C15H27N3O.2ClH/c1-2-15(7-5-8-16-15)14(19)18-11-10-17-9-4-3-6-13(17)12-18;;/h13,16H,2-12H2,1H3;2*1H. The molecule has 0 aromatic rings. The molecule has 3 heterocycles. The Morgan fingerprint density at radius 2 is 2.00 bits per heavy atom. The Hall–Kier alpha value is -0.0300. The van der Waals surface area contributed by atoms with E-state index in [4.69, 9.17) is 0 Å². The van der Waals surface area contributed by atoms with Gasteiger partial charge in [0.25, 0.3) is 0 Å². The van der Waals surface area contributed by atoms with Crippen LogP contribution in [-0.4, -0.2) is 60.0 Å². The van der Waals surface area contributed by atoms with Crippen LogP contribution in [0.15, 0.2) is 0 Å². The quantitative estimate of drug-likeness (QED) is 0.837. The van der Waals surface area contributed by atoms with Crippen LogP contribution in [0.3, 0.4) is 0 Å². The molecule has 124 valence electrons. The van der Waals surface area contributed by atoms with Gasteiger partial charge < -0.3 is 10.2 Å². The molecule has 0 spiro atoms. The lowest BCUT2D eigenvalue weighted by Crippen LogP contribution is -2.62. The number of nitrogens with one attached hydrogen (secondary N) is 1. The molecule has 4 nitrogen and oxygen atoms in total. The molecule has 3 aliphatic rings. The fourth-order valence-electron chi connectivity index (χ4n) is 4.08. The van der Waals surface area contributed by atoms with Crippen LogP contribution >= 0.6 is 24.8 Å². The minimum Gasteiger partial charge on any atom is -0.338 e. The van der Waals surface area contributed by atoms with E-state index in [0.717, 1.165) is 45.4 Å². The Morgan fingerprint density at radius 3 is 2.67 bits per heavy atom. The van der Waals surface area contributed by atoms with E-state index in [2.05, 4.69) is 22.0 Å². The summed E-state index contributed by atoms with van der Waals surface area (Å²) in [6.45, 7) is 7.36. The van der Waals surface area contributed by atoms with Gasteiger partial charge >= 0.3 is 0 Å². The average Bonchev–Trinajstić information content (AvgIpc) is 2.96. The SMILES string of the molecule is CCC1(C(=O)N2CCN3CCCCC3C2)CCCN1.Cl.Cl. The Kier molecular flexibility index (Phi) is 7.25. The van der Waals surface area contributed by atoms with Crippen LogP contribution in [-0.2, 0) is 4.79 Å². The van der Waals surface area contributed by atoms with Crippen LogP contribution in [0.1, 0.15) is 45.4 Å². The number of carbonyl (C=O) groups is 1. The lowest BCUT2D eigenvalue weighted by Gasteiger charge is -2.46. The molecule has 0 bridgehead atoms. The number of fused-ring (bicyclic) bond motifs is 1. The number of amides is 1. The molecule has 3 rings (SSSR count). The van der Waals surface area contributed by atoms with E-state index in [1.165, 1.54) is 25.8 Å². The van der Waals surface area contributed by atoms with E-state index >= 15 is 0 Å². The van der Waals surface area contributed by atoms with Crippen molar-refractivity contribution in [3.05, 3.63) is 0 Å². The van der Waals surface area contributed by atoms with Crippen LogP contribution in [0, 0.1) is 0 Å². The monoisotopic (exact) mass is 337 g/mol. The van der Waals surface area contributed by atoms with Crippen molar-refractivity contribution in [1.82, 2.24) is 15.1 Å². The van der Waals surface area contributed by atoms with Crippen molar-refractivity contribution < 1.29 is 4.79 Å². The van der Waals surface area contributed by atoms with Crippen molar-refractivity contribution >= 4 is 30.7 Å². The lowest BCUT2D eigenvalue weighted by atomic mass is 9.91. The number of piperidine rings is 1. The summed E-state index contributed by atoms with van der Waals surface area (Å²) in [5, 5.41) is 3.48. The molecule has 21 heavy (non-hydrogen) atoms. The molecule has 6 heteroatoms. The highest BCUT2D eigenvalue weighted by Crippen LogP contribution is 2.28. The largest absolute Gasteiger partial charge is 0.338 e. The number of hydrogen-bond acceptors (Lipinski definition) is 3. The van der Waals surface area contributed by atoms with E-state index in [9.17, 15) is 4.79 Å². The van der Waals surface area contributed by atoms with E-state index in [1.807, 2.05) is 0 Å². The first-order valence-electron chi connectivity index (χ1n) is 8.04. The zero-order valence-electron chi connectivity index (χ0n) is 13.0. The van der Waals surface area contributed by atoms with Crippen molar-refractivity contribution in [3.63, 3.8) is 0 Å². The first kappa shape index (κ1) is 19.0. The van der Waals surface area contributed by atoms with Crippen LogP contribution in [0.4, 0.5) is 0 Å². The van der Waals surface area contributed by atoms with Crippen molar-refractivity contribution in [3.8, 4) is 0 Å². The second-order valence-electron chi connectivity index (χ2n) is 6.40. The number of hydrogen-bond donors (Lipinski definition) is 1. The number of nitrogens with zero attached hydrogens (tertiary/aromatic N) is 2. The Morgan fingerprint density at radius 1 is 1.19 bits per heavy atom. The molecule has 0 saturated carbocycles. The summed E-state index contributed by atoms with van der Waals surface area (Å²) in [4.78, 5) is 17.6. The zero-order valence-corrected chi connectivity index (χ0v) is 14.6. The summed E-state index contributed by atoms with van der Waals surface area (Å²) in [6, 6.07) is 0.627. The van der Waals surface area contributed by atoms with Crippen LogP contribution in [0.25, 0.3) is 0 Å². The van der Waals surface area contributed by atoms with Gasteiger partial charge in [-0.3, -0.25) is 9.69 Å². The molecule has 0 aliphatic carbocycles. The highest BCUT2D eigenvalue weighted by Gasteiger charge is 2.43. The normalized spacial score (nSPS) is 32.8. The van der Waals surface area contributed by atoms with Gasteiger partial charge in [-0.15, -0.1) is 24.8 Å². The van der Waals surface area contributed by atoms with E-state index in [0.29, 0.717) is 11.9 Å². The third kappa shape index (κ3) is 3.66. The maximum Gasteiger partial charge on any atom is 0.242 e. The summed E-state index contributed by atoms with van der Waals surface area (Å²) in [7, 11) is 0. The van der Waals surface area contributed by atoms with Crippen LogP contribution in [0.2, 0.25) is 0 Å². The van der Waals surface area contributed by atoms with Crippen molar-refractivity contribution in [1.29, 1.82) is 0 Å². The minimum absolute atomic E-state index is 0. The first-order valence-corrected chi connectivity index (χ1v) is 8.04. The highest BCUT2D eigenvalue weighted by atomic mass is 35.5. The predicted octanol–water partition coefficient (Wildman–Crippen LogP) is 2.06. The first-order chi connectivity index (χ1) is 9.25. The number of rotatable bonds is 2. The molecule has 0 aromatic carbocycles. The molecular formula is C15H29Cl2N3O. The molecular weight excluding hydrogens is 309 g/mol. The van der Waals surface area contributed by atoms with Gasteiger partial charge in [0, 0.05) is 25.7 Å². The van der Waals surface area contributed by atoms with E-state index < -0.39 is 0 Å². The van der Waals surface area contributed by atoms with E-state index in [-0.39, 0.29) is 30.4 Å². The Bertz CT molecular complexity index is 348. The molecule has 1 amide bonds.